The number of nitrogens with zero attached hydrogens (tertiary/aromatic N) is 1. The van der Waals surface area contributed by atoms with Crippen LogP contribution >= 0.6 is 0 Å². The molecule has 3 nitrogen and oxygen atoms in total. The molecule has 1 saturated heterocycles. The molecule has 0 bridgehead atoms. The van der Waals surface area contributed by atoms with Crippen molar-refractivity contribution in [3.63, 3.8) is 0 Å². The van der Waals surface area contributed by atoms with Crippen molar-refractivity contribution in [1.82, 2.24) is 4.90 Å². The first-order valence-electron chi connectivity index (χ1n) is 6.21. The van der Waals surface area contributed by atoms with Gasteiger partial charge in [-0.15, -0.1) is 0 Å². The van der Waals surface area contributed by atoms with E-state index in [9.17, 15) is 5.11 Å². The summed E-state index contributed by atoms with van der Waals surface area (Å²) in [5.41, 5.74) is 0. The highest BCUT2D eigenvalue weighted by atomic mass is 16.5. The first-order valence-corrected chi connectivity index (χ1v) is 6.21. The van der Waals surface area contributed by atoms with Crippen LogP contribution in [0.15, 0.2) is 0 Å². The lowest BCUT2D eigenvalue weighted by Gasteiger charge is -2.36. The molecular weight excluding hydrogens is 190 g/mol. The van der Waals surface area contributed by atoms with E-state index in [4.69, 9.17) is 4.74 Å². The van der Waals surface area contributed by atoms with Crippen LogP contribution in [-0.4, -0.2) is 48.5 Å². The second-order valence-corrected chi connectivity index (χ2v) is 4.56. The zero-order chi connectivity index (χ0) is 11.3. The van der Waals surface area contributed by atoms with Crippen molar-refractivity contribution in [2.75, 3.05) is 26.2 Å². The molecule has 1 N–H and O–H groups in total. The highest BCUT2D eigenvalue weighted by Crippen LogP contribution is 2.18. The number of aliphatic hydroxyl groups is 1. The number of hydrogen-bond acceptors (Lipinski definition) is 3. The maximum atomic E-state index is 10.1. The normalized spacial score (nSPS) is 27.6. The summed E-state index contributed by atoms with van der Waals surface area (Å²) in [6.45, 7) is 10.1. The predicted octanol–water partition coefficient (Wildman–Crippen LogP) is 1.50. The Morgan fingerprint density at radius 2 is 2.20 bits per heavy atom. The van der Waals surface area contributed by atoms with Crippen LogP contribution < -0.4 is 0 Å². The maximum absolute atomic E-state index is 10.1. The number of hydrogen-bond donors (Lipinski definition) is 1. The van der Waals surface area contributed by atoms with E-state index in [2.05, 4.69) is 25.7 Å². The molecular formula is C12H25NO2. The molecule has 1 aliphatic rings. The van der Waals surface area contributed by atoms with Crippen molar-refractivity contribution in [1.29, 1.82) is 0 Å². The molecule has 0 aliphatic carbocycles. The molecule has 3 heteroatoms. The molecule has 1 fully saturated rings. The zero-order valence-corrected chi connectivity index (χ0v) is 10.3. The molecule has 0 aromatic heterocycles. The predicted molar refractivity (Wildman–Crippen MR) is 61.9 cm³/mol. The zero-order valence-electron chi connectivity index (χ0n) is 10.3. The lowest BCUT2D eigenvalue weighted by molar-refractivity contribution is -0.103. The van der Waals surface area contributed by atoms with Gasteiger partial charge in [-0.3, -0.25) is 4.90 Å². The highest BCUT2D eigenvalue weighted by molar-refractivity contribution is 4.80. The minimum absolute atomic E-state index is 0.0141. The van der Waals surface area contributed by atoms with E-state index < -0.39 is 0 Å². The molecule has 0 saturated carbocycles. The molecule has 0 spiro atoms. The summed E-state index contributed by atoms with van der Waals surface area (Å²) in [5.74, 6) is 0.344. The smallest absolute Gasteiger partial charge is 0.0963 e. The van der Waals surface area contributed by atoms with Crippen molar-refractivity contribution in [2.45, 2.75) is 45.8 Å². The third-order valence-corrected chi connectivity index (χ3v) is 3.33. The second kappa shape index (κ2) is 6.46. The summed E-state index contributed by atoms with van der Waals surface area (Å²) in [7, 11) is 0. The molecule has 90 valence electrons. The molecule has 0 radical (unpaired) electrons. The van der Waals surface area contributed by atoms with E-state index in [0.717, 1.165) is 39.1 Å². The first-order chi connectivity index (χ1) is 7.19. The average Bonchev–Trinajstić information content (AvgIpc) is 2.28. The number of aliphatic hydroxyl groups excluding tert-OH is 1. The Kier molecular flexibility index (Phi) is 5.58. The fraction of sp³-hybridized carbons (Fsp3) is 1.00. The summed E-state index contributed by atoms with van der Waals surface area (Å²) < 4.78 is 5.65. The molecule has 1 aliphatic heterocycles. The van der Waals surface area contributed by atoms with Crippen molar-refractivity contribution < 1.29 is 9.84 Å². The second-order valence-electron chi connectivity index (χ2n) is 4.56. The van der Waals surface area contributed by atoms with E-state index in [1.165, 1.54) is 0 Å². The minimum atomic E-state index is -0.306. The molecule has 15 heavy (non-hydrogen) atoms. The van der Waals surface area contributed by atoms with Gasteiger partial charge in [-0.05, 0) is 18.9 Å². The highest BCUT2D eigenvalue weighted by Gasteiger charge is 2.29. The monoisotopic (exact) mass is 215 g/mol. The van der Waals surface area contributed by atoms with E-state index in [1.54, 1.807) is 0 Å². The van der Waals surface area contributed by atoms with Crippen molar-refractivity contribution in [3.8, 4) is 0 Å². The fourth-order valence-corrected chi connectivity index (χ4v) is 2.22. The van der Waals surface area contributed by atoms with Gasteiger partial charge < -0.3 is 9.84 Å². The number of rotatable bonds is 5. The Balaban J connectivity index is 2.40. The van der Waals surface area contributed by atoms with Gasteiger partial charge in [0.15, 0.2) is 0 Å². The standard InChI is InChI=1S/C12H25NO2/c1-4-6-10(3)12(14)11-9-13(5-2)7-8-15-11/h10-12,14H,4-9H2,1-3H3. The largest absolute Gasteiger partial charge is 0.390 e. The molecule has 0 aromatic rings. The first kappa shape index (κ1) is 12.9. The minimum Gasteiger partial charge on any atom is -0.390 e. The summed E-state index contributed by atoms with van der Waals surface area (Å²) in [6, 6.07) is 0. The quantitative estimate of drug-likeness (QED) is 0.754. The van der Waals surface area contributed by atoms with E-state index in [1.807, 2.05) is 0 Å². The van der Waals surface area contributed by atoms with Crippen LogP contribution in [0.3, 0.4) is 0 Å². The Morgan fingerprint density at radius 3 is 2.80 bits per heavy atom. The maximum Gasteiger partial charge on any atom is 0.0963 e. The molecule has 0 aromatic carbocycles. The molecule has 3 atom stereocenters. The van der Waals surface area contributed by atoms with Crippen LogP contribution in [-0.2, 0) is 4.74 Å². The van der Waals surface area contributed by atoms with Gasteiger partial charge >= 0.3 is 0 Å². The summed E-state index contributed by atoms with van der Waals surface area (Å²) >= 11 is 0. The van der Waals surface area contributed by atoms with Gasteiger partial charge in [0.05, 0.1) is 18.8 Å². The van der Waals surface area contributed by atoms with Gasteiger partial charge in [-0.1, -0.05) is 27.2 Å². The molecule has 1 rings (SSSR count). The van der Waals surface area contributed by atoms with Gasteiger partial charge in [0.1, 0.15) is 0 Å². The van der Waals surface area contributed by atoms with Gasteiger partial charge in [0, 0.05) is 13.1 Å². The van der Waals surface area contributed by atoms with Gasteiger partial charge in [0.2, 0.25) is 0 Å². The molecule has 3 unspecified atom stereocenters. The van der Waals surface area contributed by atoms with Crippen LogP contribution in [0, 0.1) is 5.92 Å². The van der Waals surface area contributed by atoms with Crippen LogP contribution in [0.1, 0.15) is 33.6 Å². The van der Waals surface area contributed by atoms with Crippen LogP contribution in [0.2, 0.25) is 0 Å². The molecule has 1 heterocycles. The van der Waals surface area contributed by atoms with Crippen molar-refractivity contribution in [3.05, 3.63) is 0 Å². The number of likely N-dealkylation sites (N-methyl/N-ethyl adjacent to an activating group) is 1. The Hall–Kier alpha value is -0.120. The summed E-state index contributed by atoms with van der Waals surface area (Å²) in [5, 5.41) is 10.1. The lowest BCUT2D eigenvalue weighted by atomic mass is 9.94. The topological polar surface area (TPSA) is 32.7 Å². The van der Waals surface area contributed by atoms with Gasteiger partial charge in [-0.2, -0.15) is 0 Å². The summed E-state index contributed by atoms with van der Waals surface area (Å²) in [6.07, 6.45) is 1.91. The SMILES string of the molecule is CCCC(C)C(O)C1CN(CC)CCO1. The van der Waals surface area contributed by atoms with Crippen LogP contribution in [0.4, 0.5) is 0 Å². The van der Waals surface area contributed by atoms with Gasteiger partial charge in [0.25, 0.3) is 0 Å². The van der Waals surface area contributed by atoms with Crippen LogP contribution in [0.25, 0.3) is 0 Å². The molecule has 0 amide bonds. The van der Waals surface area contributed by atoms with Crippen LogP contribution in [0.5, 0.6) is 0 Å². The van der Waals surface area contributed by atoms with E-state index >= 15 is 0 Å². The third-order valence-electron chi connectivity index (χ3n) is 3.33. The third kappa shape index (κ3) is 3.74. The Bertz CT molecular complexity index is 175. The fourth-order valence-electron chi connectivity index (χ4n) is 2.22. The number of ether oxygens (including phenoxy) is 1. The van der Waals surface area contributed by atoms with Crippen molar-refractivity contribution >= 4 is 0 Å². The van der Waals surface area contributed by atoms with Gasteiger partial charge in [-0.25, -0.2) is 0 Å². The lowest BCUT2D eigenvalue weighted by Crippen LogP contribution is -2.49. The summed E-state index contributed by atoms with van der Waals surface area (Å²) in [4.78, 5) is 2.34. The van der Waals surface area contributed by atoms with E-state index in [0.29, 0.717) is 5.92 Å². The number of morpholine rings is 1. The average molecular weight is 215 g/mol. The van der Waals surface area contributed by atoms with Crippen molar-refractivity contribution in [2.24, 2.45) is 5.92 Å². The van der Waals surface area contributed by atoms with E-state index in [-0.39, 0.29) is 12.2 Å². The Labute approximate surface area is 93.4 Å². The Morgan fingerprint density at radius 1 is 1.47 bits per heavy atom.